The summed E-state index contributed by atoms with van der Waals surface area (Å²) in [4.78, 5) is 23.7. The summed E-state index contributed by atoms with van der Waals surface area (Å²) in [5, 5.41) is 8.96. The molecule has 0 aromatic heterocycles. The molecule has 0 unspecified atom stereocenters. The number of nitrogens with zero attached hydrogens (tertiary/aromatic N) is 1. The second-order valence-corrected chi connectivity index (χ2v) is 8.71. The molecule has 0 amide bonds. The van der Waals surface area contributed by atoms with E-state index in [2.05, 4.69) is 12.6 Å². The third kappa shape index (κ3) is 8.87. The van der Waals surface area contributed by atoms with E-state index in [0.717, 1.165) is 83.7 Å². The largest absolute Gasteiger partial charge is 0.462 e. The van der Waals surface area contributed by atoms with Crippen LogP contribution in [0.1, 0.15) is 84.0 Å². The van der Waals surface area contributed by atoms with Crippen LogP contribution in [-0.2, 0) is 23.8 Å². The van der Waals surface area contributed by atoms with Gasteiger partial charge < -0.3 is 14.2 Å². The lowest BCUT2D eigenvalue weighted by Crippen LogP contribution is -2.31. The van der Waals surface area contributed by atoms with E-state index in [4.69, 9.17) is 19.5 Å². The van der Waals surface area contributed by atoms with Gasteiger partial charge in [-0.05, 0) is 77.6 Å². The minimum absolute atomic E-state index is 0.000359. The molecule has 168 valence electrons. The van der Waals surface area contributed by atoms with E-state index >= 15 is 0 Å². The minimum Gasteiger partial charge on any atom is -0.462 e. The highest BCUT2D eigenvalue weighted by Crippen LogP contribution is 2.30. The van der Waals surface area contributed by atoms with Crippen molar-refractivity contribution in [3.05, 3.63) is 12.2 Å². The Kier molecular flexibility index (Phi) is 10.9. The van der Waals surface area contributed by atoms with Crippen molar-refractivity contribution in [3.8, 4) is 6.07 Å². The Morgan fingerprint density at radius 2 is 1.50 bits per heavy atom. The molecule has 0 radical (unpaired) electrons. The van der Waals surface area contributed by atoms with Gasteiger partial charge in [-0.15, -0.1) is 0 Å². The quantitative estimate of drug-likeness (QED) is 0.270. The molecule has 6 heteroatoms. The fraction of sp³-hybridized carbons (Fsp3) is 0.792. The van der Waals surface area contributed by atoms with Gasteiger partial charge in [-0.1, -0.05) is 13.0 Å². The van der Waals surface area contributed by atoms with E-state index in [1.54, 1.807) is 6.92 Å². The van der Waals surface area contributed by atoms with Crippen molar-refractivity contribution < 1.29 is 23.8 Å². The standard InChI is InChI=1S/C24H37NO5/c1-18(2)23(26)29-16-6-4-3-5-15-28-21-13-9-20(10-14-21)24(27)30-22-11-7-19(17-25)8-12-22/h19-22H,1,3-16H2,2H3/t19-,20-,21-,22-. The number of unbranched alkanes of at least 4 members (excludes halogenated alkanes) is 3. The molecule has 2 aliphatic rings. The zero-order chi connectivity index (χ0) is 21.8. The van der Waals surface area contributed by atoms with Crippen molar-refractivity contribution in [2.45, 2.75) is 96.2 Å². The second-order valence-electron chi connectivity index (χ2n) is 8.71. The van der Waals surface area contributed by atoms with Crippen LogP contribution in [0.3, 0.4) is 0 Å². The number of carbonyl (C=O) groups excluding carboxylic acids is 2. The number of hydrogen-bond donors (Lipinski definition) is 0. The molecule has 0 atom stereocenters. The van der Waals surface area contributed by atoms with E-state index < -0.39 is 0 Å². The van der Waals surface area contributed by atoms with Crippen molar-refractivity contribution >= 4 is 11.9 Å². The lowest BCUT2D eigenvalue weighted by atomic mass is 9.86. The highest BCUT2D eigenvalue weighted by atomic mass is 16.5. The lowest BCUT2D eigenvalue weighted by Gasteiger charge is -2.30. The van der Waals surface area contributed by atoms with Crippen molar-refractivity contribution in [2.24, 2.45) is 11.8 Å². The summed E-state index contributed by atoms with van der Waals surface area (Å²) in [5.41, 5.74) is 0.439. The molecular formula is C24H37NO5. The van der Waals surface area contributed by atoms with Crippen molar-refractivity contribution in [1.29, 1.82) is 5.26 Å². The smallest absolute Gasteiger partial charge is 0.333 e. The van der Waals surface area contributed by atoms with Crippen LogP contribution in [0.25, 0.3) is 0 Å². The van der Waals surface area contributed by atoms with E-state index in [-0.39, 0.29) is 36.0 Å². The second kappa shape index (κ2) is 13.4. The molecule has 2 saturated carbocycles. The zero-order valence-corrected chi connectivity index (χ0v) is 18.4. The summed E-state index contributed by atoms with van der Waals surface area (Å²) in [5.74, 6) is -0.238. The maximum absolute atomic E-state index is 12.4. The molecule has 0 heterocycles. The van der Waals surface area contributed by atoms with Crippen LogP contribution in [0.2, 0.25) is 0 Å². The first-order valence-electron chi connectivity index (χ1n) is 11.5. The number of nitriles is 1. The van der Waals surface area contributed by atoms with Crippen LogP contribution in [0.5, 0.6) is 0 Å². The Hall–Kier alpha value is -1.87. The average molecular weight is 420 g/mol. The van der Waals surface area contributed by atoms with Crippen LogP contribution < -0.4 is 0 Å². The van der Waals surface area contributed by atoms with E-state index in [0.29, 0.717) is 12.2 Å². The Morgan fingerprint density at radius 1 is 0.900 bits per heavy atom. The van der Waals surface area contributed by atoms with Crippen LogP contribution in [-0.4, -0.2) is 37.4 Å². The molecule has 0 N–H and O–H groups in total. The summed E-state index contributed by atoms with van der Waals surface area (Å²) < 4.78 is 16.8. The van der Waals surface area contributed by atoms with Gasteiger partial charge in [0.2, 0.25) is 0 Å². The monoisotopic (exact) mass is 419 g/mol. The summed E-state index contributed by atoms with van der Waals surface area (Å²) in [6.07, 6.45) is 11.0. The van der Waals surface area contributed by atoms with Crippen LogP contribution in [0.15, 0.2) is 12.2 Å². The van der Waals surface area contributed by atoms with E-state index in [1.165, 1.54) is 0 Å². The fourth-order valence-electron chi connectivity index (χ4n) is 4.13. The molecule has 6 nitrogen and oxygen atoms in total. The van der Waals surface area contributed by atoms with Gasteiger partial charge in [-0.3, -0.25) is 4.79 Å². The lowest BCUT2D eigenvalue weighted by molar-refractivity contribution is -0.158. The molecule has 2 rings (SSSR count). The Labute approximate surface area is 180 Å². The highest BCUT2D eigenvalue weighted by molar-refractivity contribution is 5.86. The van der Waals surface area contributed by atoms with Crippen molar-refractivity contribution in [1.82, 2.24) is 0 Å². The first-order chi connectivity index (χ1) is 14.5. The average Bonchev–Trinajstić information content (AvgIpc) is 2.76. The first kappa shape index (κ1) is 24.4. The van der Waals surface area contributed by atoms with Gasteiger partial charge in [-0.2, -0.15) is 5.26 Å². The topological polar surface area (TPSA) is 85.6 Å². The molecule has 2 aliphatic carbocycles. The van der Waals surface area contributed by atoms with Gasteiger partial charge in [0.1, 0.15) is 6.10 Å². The molecule has 0 saturated heterocycles. The number of carbonyl (C=O) groups is 2. The van der Waals surface area contributed by atoms with Crippen LogP contribution >= 0.6 is 0 Å². The summed E-state index contributed by atoms with van der Waals surface area (Å²) in [7, 11) is 0. The normalized spacial score (nSPS) is 26.4. The molecule has 0 aromatic rings. The van der Waals surface area contributed by atoms with Gasteiger partial charge in [0, 0.05) is 18.1 Å². The molecular weight excluding hydrogens is 382 g/mol. The van der Waals surface area contributed by atoms with Crippen LogP contribution in [0, 0.1) is 23.2 Å². The molecule has 30 heavy (non-hydrogen) atoms. The van der Waals surface area contributed by atoms with E-state index in [1.807, 2.05) is 0 Å². The Bertz CT molecular complexity index is 595. The van der Waals surface area contributed by atoms with Crippen LogP contribution in [0.4, 0.5) is 0 Å². The van der Waals surface area contributed by atoms with Gasteiger partial charge in [0.15, 0.2) is 0 Å². The first-order valence-corrected chi connectivity index (χ1v) is 11.5. The molecule has 0 bridgehead atoms. The maximum Gasteiger partial charge on any atom is 0.333 e. The zero-order valence-electron chi connectivity index (χ0n) is 18.4. The Morgan fingerprint density at radius 3 is 2.10 bits per heavy atom. The Balaban J connectivity index is 1.47. The summed E-state index contributed by atoms with van der Waals surface area (Å²) in [6, 6.07) is 2.31. The van der Waals surface area contributed by atoms with Gasteiger partial charge in [0.25, 0.3) is 0 Å². The minimum atomic E-state index is -0.316. The number of hydrogen-bond acceptors (Lipinski definition) is 6. The number of esters is 2. The molecule has 2 fully saturated rings. The molecule has 0 aromatic carbocycles. The predicted octanol–water partition coefficient (Wildman–Crippen LogP) is 4.87. The van der Waals surface area contributed by atoms with Crippen molar-refractivity contribution in [3.63, 3.8) is 0 Å². The predicted molar refractivity (Wildman–Crippen MR) is 113 cm³/mol. The van der Waals surface area contributed by atoms with Gasteiger partial charge in [0.05, 0.1) is 24.7 Å². The third-order valence-corrected chi connectivity index (χ3v) is 6.12. The number of ether oxygens (including phenoxy) is 3. The van der Waals surface area contributed by atoms with Gasteiger partial charge >= 0.3 is 11.9 Å². The molecule has 0 spiro atoms. The third-order valence-electron chi connectivity index (χ3n) is 6.12. The van der Waals surface area contributed by atoms with Crippen molar-refractivity contribution in [2.75, 3.05) is 13.2 Å². The SMILES string of the molecule is C=C(C)C(=O)OCCCCCCO[C@H]1CC[C@H](C(=O)O[C@H]2CC[C@H](C#N)CC2)CC1. The summed E-state index contributed by atoms with van der Waals surface area (Å²) in [6.45, 7) is 6.40. The summed E-state index contributed by atoms with van der Waals surface area (Å²) >= 11 is 0. The highest BCUT2D eigenvalue weighted by Gasteiger charge is 2.30. The number of rotatable bonds is 11. The molecule has 0 aliphatic heterocycles. The van der Waals surface area contributed by atoms with E-state index in [9.17, 15) is 9.59 Å². The fourth-order valence-corrected chi connectivity index (χ4v) is 4.13. The van der Waals surface area contributed by atoms with Gasteiger partial charge in [-0.25, -0.2) is 4.79 Å². The maximum atomic E-state index is 12.4.